The number of nitrogens with two attached hydrogens (primary N) is 1. The molecule has 3 nitrogen and oxygen atoms in total. The van der Waals surface area contributed by atoms with Gasteiger partial charge < -0.3 is 15.0 Å². The molecule has 2 N–H and O–H groups in total. The molecule has 1 fully saturated rings. The summed E-state index contributed by atoms with van der Waals surface area (Å²) in [7, 11) is -0.113. The van der Waals surface area contributed by atoms with Gasteiger partial charge in [0.05, 0.1) is 11.2 Å². The van der Waals surface area contributed by atoms with Crippen LogP contribution in [-0.2, 0) is 9.31 Å². The summed E-state index contributed by atoms with van der Waals surface area (Å²) < 4.78 is 11.8. The molecule has 1 heterocycles. The lowest BCUT2D eigenvalue weighted by Crippen LogP contribution is -2.41. The van der Waals surface area contributed by atoms with Crippen LogP contribution in [0.3, 0.4) is 0 Å². The van der Waals surface area contributed by atoms with E-state index in [1.165, 1.54) is 0 Å². The molecule has 1 rings (SSSR count). The Balaban J connectivity index is 0.00000225. The maximum absolute atomic E-state index is 5.94. The van der Waals surface area contributed by atoms with Crippen molar-refractivity contribution in [2.24, 2.45) is 5.73 Å². The van der Waals surface area contributed by atoms with Gasteiger partial charge in [0.1, 0.15) is 0 Å². The van der Waals surface area contributed by atoms with Gasteiger partial charge in [0.25, 0.3) is 0 Å². The van der Waals surface area contributed by atoms with Crippen molar-refractivity contribution in [2.75, 3.05) is 0 Å². The Hall–Kier alpha value is 0.235. The highest BCUT2D eigenvalue weighted by molar-refractivity contribution is 6.45. The van der Waals surface area contributed by atoms with Crippen LogP contribution in [0, 0.1) is 0 Å². The van der Waals surface area contributed by atoms with E-state index in [2.05, 4.69) is 27.7 Å². The molecule has 96 valence electrons. The molecule has 0 aromatic heterocycles. The number of hydrogen-bond donors (Lipinski definition) is 1. The first-order valence-corrected chi connectivity index (χ1v) is 5.68. The highest BCUT2D eigenvalue weighted by Gasteiger charge is 2.50. The summed E-state index contributed by atoms with van der Waals surface area (Å²) >= 11 is 0. The topological polar surface area (TPSA) is 44.5 Å². The first-order valence-electron chi connectivity index (χ1n) is 5.68. The fourth-order valence-electron chi connectivity index (χ4n) is 1.57. The molecular weight excluding hydrogens is 224 g/mol. The largest absolute Gasteiger partial charge is 0.457 e. The van der Waals surface area contributed by atoms with Crippen LogP contribution in [0.2, 0.25) is 6.32 Å². The van der Waals surface area contributed by atoms with Crippen LogP contribution in [0.1, 0.15) is 48.0 Å². The molecule has 0 saturated carbocycles. The van der Waals surface area contributed by atoms with Crippen molar-refractivity contribution in [1.29, 1.82) is 0 Å². The van der Waals surface area contributed by atoms with Crippen molar-refractivity contribution in [2.45, 2.75) is 71.0 Å². The Kier molecular flexibility index (Phi) is 4.92. The summed E-state index contributed by atoms with van der Waals surface area (Å²) in [5.41, 5.74) is 5.34. The molecule has 1 saturated heterocycles. The van der Waals surface area contributed by atoms with Gasteiger partial charge in [-0.15, -0.1) is 12.4 Å². The Morgan fingerprint density at radius 3 is 1.75 bits per heavy atom. The standard InChI is InChI=1S/C11H24BNO2.ClH/c1-9(2,13)7-8-12-14-10(3,4)11(5,6)15-12;/h7-8,13H2,1-6H3;1H. The Bertz CT molecular complexity index is 223. The summed E-state index contributed by atoms with van der Waals surface area (Å²) in [6, 6.07) is 0. The van der Waals surface area contributed by atoms with Gasteiger partial charge >= 0.3 is 7.12 Å². The lowest BCUT2D eigenvalue weighted by Gasteiger charge is -2.32. The summed E-state index contributed by atoms with van der Waals surface area (Å²) in [4.78, 5) is 0. The van der Waals surface area contributed by atoms with Gasteiger partial charge in [0.15, 0.2) is 0 Å². The van der Waals surface area contributed by atoms with Crippen LogP contribution in [0.15, 0.2) is 0 Å². The van der Waals surface area contributed by atoms with E-state index in [-0.39, 0.29) is 36.3 Å². The van der Waals surface area contributed by atoms with E-state index < -0.39 is 0 Å². The summed E-state index contributed by atoms with van der Waals surface area (Å²) in [5.74, 6) is 0. The molecule has 1 aliphatic heterocycles. The van der Waals surface area contributed by atoms with Crippen LogP contribution in [0.25, 0.3) is 0 Å². The van der Waals surface area contributed by atoms with Gasteiger partial charge in [-0.2, -0.15) is 0 Å². The second kappa shape index (κ2) is 4.85. The fraction of sp³-hybridized carbons (Fsp3) is 1.00. The van der Waals surface area contributed by atoms with Gasteiger partial charge in [-0.3, -0.25) is 0 Å². The molecule has 0 radical (unpaired) electrons. The van der Waals surface area contributed by atoms with Crippen molar-refractivity contribution in [1.82, 2.24) is 0 Å². The minimum atomic E-state index is -0.226. The van der Waals surface area contributed by atoms with Gasteiger partial charge in [0.2, 0.25) is 0 Å². The number of halogens is 1. The molecular formula is C11H25BClNO2. The van der Waals surface area contributed by atoms with Crippen molar-refractivity contribution in [3.8, 4) is 0 Å². The van der Waals surface area contributed by atoms with E-state index in [1.54, 1.807) is 0 Å². The van der Waals surface area contributed by atoms with Crippen LogP contribution < -0.4 is 5.73 Å². The predicted octanol–water partition coefficient (Wildman–Crippen LogP) is 2.63. The van der Waals surface area contributed by atoms with E-state index in [1.807, 2.05) is 13.8 Å². The summed E-state index contributed by atoms with van der Waals surface area (Å²) in [5, 5.41) is 0. The maximum atomic E-state index is 5.94. The van der Waals surface area contributed by atoms with Crippen molar-refractivity contribution in [3.05, 3.63) is 0 Å². The minimum Gasteiger partial charge on any atom is -0.403 e. The fourth-order valence-corrected chi connectivity index (χ4v) is 1.57. The first-order chi connectivity index (χ1) is 6.54. The normalized spacial score (nSPS) is 23.1. The van der Waals surface area contributed by atoms with Gasteiger partial charge in [-0.25, -0.2) is 0 Å². The predicted molar refractivity (Wildman–Crippen MR) is 71.0 cm³/mol. The van der Waals surface area contributed by atoms with Gasteiger partial charge in [-0.05, 0) is 54.3 Å². The highest BCUT2D eigenvalue weighted by Crippen LogP contribution is 2.38. The zero-order valence-corrected chi connectivity index (χ0v) is 12.1. The highest BCUT2D eigenvalue weighted by atomic mass is 35.5. The molecule has 0 aromatic carbocycles. The Morgan fingerprint density at radius 1 is 1.06 bits per heavy atom. The second-order valence-corrected chi connectivity index (χ2v) is 6.21. The van der Waals surface area contributed by atoms with E-state index in [9.17, 15) is 0 Å². The average molecular weight is 250 g/mol. The molecule has 0 atom stereocenters. The van der Waals surface area contributed by atoms with E-state index in [0.717, 1.165) is 12.7 Å². The van der Waals surface area contributed by atoms with Crippen LogP contribution in [-0.4, -0.2) is 23.9 Å². The molecule has 0 spiro atoms. The van der Waals surface area contributed by atoms with Gasteiger partial charge in [0, 0.05) is 5.54 Å². The van der Waals surface area contributed by atoms with E-state index >= 15 is 0 Å². The molecule has 16 heavy (non-hydrogen) atoms. The Labute approximate surface area is 106 Å². The smallest absolute Gasteiger partial charge is 0.403 e. The third kappa shape index (κ3) is 3.92. The lowest BCUT2D eigenvalue weighted by atomic mass is 9.78. The third-order valence-corrected chi connectivity index (χ3v) is 3.33. The maximum Gasteiger partial charge on any atom is 0.457 e. The van der Waals surface area contributed by atoms with Crippen molar-refractivity contribution in [3.63, 3.8) is 0 Å². The minimum absolute atomic E-state index is 0. The average Bonchev–Trinajstić information content (AvgIpc) is 2.16. The summed E-state index contributed by atoms with van der Waals surface area (Å²) in [6.45, 7) is 12.3. The third-order valence-electron chi connectivity index (χ3n) is 3.33. The quantitative estimate of drug-likeness (QED) is 0.782. The van der Waals surface area contributed by atoms with E-state index in [0.29, 0.717) is 0 Å². The van der Waals surface area contributed by atoms with Crippen LogP contribution in [0.5, 0.6) is 0 Å². The van der Waals surface area contributed by atoms with Crippen LogP contribution >= 0.6 is 12.4 Å². The number of rotatable bonds is 3. The SMILES string of the molecule is CC(C)(N)CCB1OC(C)(C)C(C)(C)O1.Cl. The summed E-state index contributed by atoms with van der Waals surface area (Å²) in [6.07, 6.45) is 1.76. The van der Waals surface area contributed by atoms with Crippen molar-refractivity contribution < 1.29 is 9.31 Å². The van der Waals surface area contributed by atoms with E-state index in [4.69, 9.17) is 15.0 Å². The zero-order valence-electron chi connectivity index (χ0n) is 11.3. The molecule has 0 aromatic rings. The zero-order chi connectivity index (χ0) is 11.9. The molecule has 0 unspecified atom stereocenters. The molecule has 1 aliphatic rings. The van der Waals surface area contributed by atoms with Crippen molar-refractivity contribution >= 4 is 19.5 Å². The second-order valence-electron chi connectivity index (χ2n) is 6.21. The number of hydrogen-bond acceptors (Lipinski definition) is 3. The Morgan fingerprint density at radius 2 is 1.44 bits per heavy atom. The van der Waals surface area contributed by atoms with Gasteiger partial charge in [-0.1, -0.05) is 0 Å². The molecule has 0 aliphatic carbocycles. The first kappa shape index (κ1) is 16.2. The lowest BCUT2D eigenvalue weighted by molar-refractivity contribution is 0.00578. The van der Waals surface area contributed by atoms with Crippen LogP contribution in [0.4, 0.5) is 0 Å². The molecule has 0 bridgehead atoms. The molecule has 0 amide bonds. The monoisotopic (exact) mass is 249 g/mol. The molecule has 5 heteroatoms.